The largest absolute Gasteiger partial charge is 0.480 e. The van der Waals surface area contributed by atoms with Gasteiger partial charge in [-0.05, 0) is 59.8 Å². The minimum atomic E-state index is -1.17. The van der Waals surface area contributed by atoms with Gasteiger partial charge in [-0.15, -0.1) is 0 Å². The van der Waals surface area contributed by atoms with Crippen LogP contribution in [0.15, 0.2) is 48.5 Å². The quantitative estimate of drug-likeness (QED) is 0.839. The Kier molecular flexibility index (Phi) is 3.93. The third-order valence-corrected chi connectivity index (χ3v) is 6.89. The molecule has 1 amide bonds. The van der Waals surface area contributed by atoms with Crippen molar-refractivity contribution in [3.63, 3.8) is 0 Å². The molecule has 2 saturated carbocycles. The lowest BCUT2D eigenvalue weighted by molar-refractivity contribution is -0.144. The third kappa shape index (κ3) is 2.60. The third-order valence-electron chi connectivity index (χ3n) is 6.89. The van der Waals surface area contributed by atoms with Gasteiger partial charge in [0.05, 0.1) is 0 Å². The average Bonchev–Trinajstić information content (AvgIpc) is 3.14. The summed E-state index contributed by atoms with van der Waals surface area (Å²) in [7, 11) is 0. The summed E-state index contributed by atoms with van der Waals surface area (Å²) in [5.74, 6) is -0.135. The summed E-state index contributed by atoms with van der Waals surface area (Å²) < 4.78 is 5.55. The van der Waals surface area contributed by atoms with Gasteiger partial charge in [0.25, 0.3) is 0 Å². The molecule has 0 heterocycles. The Bertz CT molecular complexity index is 896. The molecule has 0 aliphatic heterocycles. The molecule has 2 aromatic rings. The molecular weight excluding hydrogens is 354 g/mol. The maximum Gasteiger partial charge on any atom is 0.408 e. The first kappa shape index (κ1) is 17.3. The van der Waals surface area contributed by atoms with E-state index in [2.05, 4.69) is 29.6 Å². The van der Waals surface area contributed by atoms with Crippen LogP contribution in [0.1, 0.15) is 42.7 Å². The van der Waals surface area contributed by atoms with Gasteiger partial charge in [0, 0.05) is 5.92 Å². The van der Waals surface area contributed by atoms with Gasteiger partial charge in [0.15, 0.2) is 0 Å². The molecule has 2 aromatic carbocycles. The number of benzene rings is 2. The fraction of sp³-hybridized carbons (Fsp3) is 0.391. The second kappa shape index (κ2) is 6.36. The van der Waals surface area contributed by atoms with Gasteiger partial charge in [-0.3, -0.25) is 0 Å². The molecule has 28 heavy (non-hydrogen) atoms. The van der Waals surface area contributed by atoms with Crippen molar-refractivity contribution in [2.45, 2.75) is 37.1 Å². The molecule has 0 bridgehead atoms. The summed E-state index contributed by atoms with van der Waals surface area (Å²) in [6, 6.07) is 16.3. The monoisotopic (exact) mass is 377 g/mol. The van der Waals surface area contributed by atoms with Crippen LogP contribution in [-0.2, 0) is 9.53 Å². The van der Waals surface area contributed by atoms with Crippen LogP contribution in [0.3, 0.4) is 0 Å². The zero-order valence-electron chi connectivity index (χ0n) is 15.6. The van der Waals surface area contributed by atoms with Crippen molar-refractivity contribution in [1.82, 2.24) is 5.32 Å². The lowest BCUT2D eigenvalue weighted by Crippen LogP contribution is -2.53. The maximum atomic E-state index is 12.5. The number of carboxylic acid groups (broad SMARTS) is 1. The normalized spacial score (nSPS) is 27.3. The van der Waals surface area contributed by atoms with E-state index in [1.54, 1.807) is 0 Å². The average molecular weight is 377 g/mol. The van der Waals surface area contributed by atoms with Crippen molar-refractivity contribution in [3.8, 4) is 11.1 Å². The minimum absolute atomic E-state index is 0.0290. The van der Waals surface area contributed by atoms with Crippen molar-refractivity contribution < 1.29 is 19.4 Å². The van der Waals surface area contributed by atoms with Crippen molar-refractivity contribution in [2.24, 2.45) is 11.8 Å². The first-order chi connectivity index (χ1) is 13.6. The Morgan fingerprint density at radius 1 is 0.964 bits per heavy atom. The van der Waals surface area contributed by atoms with Gasteiger partial charge >= 0.3 is 12.1 Å². The first-order valence-corrected chi connectivity index (χ1v) is 9.94. The van der Waals surface area contributed by atoms with E-state index in [-0.39, 0.29) is 12.5 Å². The van der Waals surface area contributed by atoms with Crippen LogP contribution in [0.5, 0.6) is 0 Å². The van der Waals surface area contributed by atoms with Gasteiger partial charge < -0.3 is 15.2 Å². The number of fused-ring (bicyclic) bond motifs is 4. The van der Waals surface area contributed by atoms with Gasteiger partial charge in [0.2, 0.25) is 0 Å². The molecule has 144 valence electrons. The molecule has 2 N–H and O–H groups in total. The lowest BCUT2D eigenvalue weighted by atomic mass is 9.77. The van der Waals surface area contributed by atoms with Crippen LogP contribution in [0.2, 0.25) is 0 Å². The second-order valence-corrected chi connectivity index (χ2v) is 8.34. The molecule has 0 aromatic heterocycles. The fourth-order valence-electron chi connectivity index (χ4n) is 5.31. The number of hydrogen-bond acceptors (Lipinski definition) is 3. The van der Waals surface area contributed by atoms with Crippen LogP contribution < -0.4 is 5.32 Å². The van der Waals surface area contributed by atoms with Crippen LogP contribution in [-0.4, -0.2) is 29.3 Å². The summed E-state index contributed by atoms with van der Waals surface area (Å²) in [5, 5.41) is 12.4. The van der Waals surface area contributed by atoms with E-state index in [1.807, 2.05) is 24.3 Å². The van der Waals surface area contributed by atoms with Gasteiger partial charge in [-0.1, -0.05) is 48.5 Å². The number of nitrogens with one attached hydrogen (secondary N) is 1. The topological polar surface area (TPSA) is 75.6 Å². The lowest BCUT2D eigenvalue weighted by Gasteiger charge is -2.28. The molecular formula is C23H23NO4. The highest BCUT2D eigenvalue weighted by Gasteiger charge is 2.54. The number of carbonyl (C=O) groups excluding carboxylic acids is 1. The predicted molar refractivity (Wildman–Crippen MR) is 104 cm³/mol. The molecule has 3 aliphatic carbocycles. The standard InChI is InChI=1S/C23H23NO4/c25-21(26)23(11-14-9-10-15(14)12-23)24-22(27)28-13-20-18-7-3-1-5-16(18)17-6-2-4-8-19(17)20/h1-8,14-15,20H,9-13H2,(H,24,27)(H,25,26)/t14-,15+,23?. The van der Waals surface area contributed by atoms with Crippen LogP contribution in [0.25, 0.3) is 11.1 Å². The van der Waals surface area contributed by atoms with E-state index in [0.29, 0.717) is 24.7 Å². The molecule has 5 heteroatoms. The molecule has 2 fully saturated rings. The number of aliphatic carboxylic acids is 1. The summed E-state index contributed by atoms with van der Waals surface area (Å²) in [6.07, 6.45) is 2.51. The number of carboxylic acids is 1. The van der Waals surface area contributed by atoms with Crippen molar-refractivity contribution >= 4 is 12.1 Å². The van der Waals surface area contributed by atoms with Crippen LogP contribution in [0, 0.1) is 11.8 Å². The van der Waals surface area contributed by atoms with Crippen molar-refractivity contribution in [2.75, 3.05) is 6.61 Å². The highest BCUT2D eigenvalue weighted by atomic mass is 16.5. The van der Waals surface area contributed by atoms with E-state index >= 15 is 0 Å². The summed E-state index contributed by atoms with van der Waals surface area (Å²) in [6.45, 7) is 0.197. The number of carbonyl (C=O) groups is 2. The fourth-order valence-corrected chi connectivity index (χ4v) is 5.31. The molecule has 0 radical (unpaired) electrons. The zero-order valence-corrected chi connectivity index (χ0v) is 15.6. The molecule has 0 spiro atoms. The number of hydrogen-bond donors (Lipinski definition) is 2. The number of ether oxygens (including phenoxy) is 1. The van der Waals surface area contributed by atoms with E-state index in [0.717, 1.165) is 24.0 Å². The Morgan fingerprint density at radius 2 is 1.50 bits per heavy atom. The highest BCUT2D eigenvalue weighted by molar-refractivity contribution is 5.85. The number of alkyl carbamates (subject to hydrolysis) is 1. The van der Waals surface area contributed by atoms with Gasteiger partial charge in [-0.25, -0.2) is 9.59 Å². The van der Waals surface area contributed by atoms with Gasteiger partial charge in [-0.2, -0.15) is 0 Å². The molecule has 0 saturated heterocycles. The molecule has 5 nitrogen and oxygen atoms in total. The maximum absolute atomic E-state index is 12.5. The Hall–Kier alpha value is -2.82. The summed E-state index contributed by atoms with van der Waals surface area (Å²) in [5.41, 5.74) is 3.45. The number of amides is 1. The minimum Gasteiger partial charge on any atom is -0.480 e. The Labute approximate surface area is 163 Å². The van der Waals surface area contributed by atoms with E-state index in [1.165, 1.54) is 11.1 Å². The molecule has 3 aliphatic rings. The van der Waals surface area contributed by atoms with E-state index in [9.17, 15) is 14.7 Å². The van der Waals surface area contributed by atoms with Crippen molar-refractivity contribution in [3.05, 3.63) is 59.7 Å². The highest BCUT2D eigenvalue weighted by Crippen LogP contribution is 2.51. The molecule has 3 atom stereocenters. The van der Waals surface area contributed by atoms with Crippen LogP contribution in [0.4, 0.5) is 4.79 Å². The zero-order chi connectivity index (χ0) is 19.3. The summed E-state index contributed by atoms with van der Waals surface area (Å²) in [4.78, 5) is 24.4. The van der Waals surface area contributed by atoms with E-state index < -0.39 is 17.6 Å². The Balaban J connectivity index is 1.31. The Morgan fingerprint density at radius 3 is 2.00 bits per heavy atom. The number of rotatable bonds is 4. The van der Waals surface area contributed by atoms with E-state index in [4.69, 9.17) is 4.74 Å². The summed E-state index contributed by atoms with van der Waals surface area (Å²) >= 11 is 0. The van der Waals surface area contributed by atoms with Crippen LogP contribution >= 0.6 is 0 Å². The first-order valence-electron chi connectivity index (χ1n) is 9.94. The predicted octanol–water partition coefficient (Wildman–Crippen LogP) is 4.17. The van der Waals surface area contributed by atoms with Gasteiger partial charge in [0.1, 0.15) is 12.1 Å². The molecule has 1 unspecified atom stereocenters. The van der Waals surface area contributed by atoms with Crippen molar-refractivity contribution in [1.29, 1.82) is 0 Å². The molecule has 5 rings (SSSR count). The smallest absolute Gasteiger partial charge is 0.408 e. The SMILES string of the molecule is O=C(NC1(C(=O)O)C[C@H]2CC[C@H]2C1)OCC1c2ccccc2-c2ccccc21. The second-order valence-electron chi connectivity index (χ2n) is 8.34.